The van der Waals surface area contributed by atoms with Gasteiger partial charge in [-0.1, -0.05) is 24.0 Å². The summed E-state index contributed by atoms with van der Waals surface area (Å²) >= 11 is 6.87. The van der Waals surface area contributed by atoms with Gasteiger partial charge in [0, 0.05) is 23.7 Å². The van der Waals surface area contributed by atoms with Crippen molar-refractivity contribution in [2.75, 3.05) is 20.3 Å². The van der Waals surface area contributed by atoms with Gasteiger partial charge in [0.15, 0.2) is 0 Å². The molecule has 2 aromatic carbocycles. The molecule has 5 rings (SSSR count). The van der Waals surface area contributed by atoms with Crippen molar-refractivity contribution in [2.45, 2.75) is 32.8 Å². The molecule has 0 saturated carbocycles. The third-order valence-electron chi connectivity index (χ3n) is 6.43. The van der Waals surface area contributed by atoms with E-state index in [-0.39, 0.29) is 12.0 Å². The third-order valence-corrected chi connectivity index (χ3v) is 7.81. The van der Waals surface area contributed by atoms with E-state index in [2.05, 4.69) is 24.5 Å². The van der Waals surface area contributed by atoms with Crippen LogP contribution in [0.2, 0.25) is 0 Å². The Balaban J connectivity index is 1.33. The summed E-state index contributed by atoms with van der Waals surface area (Å²) in [4.78, 5) is 15.4. The Morgan fingerprint density at radius 1 is 1.08 bits per heavy atom. The Hall–Kier alpha value is -3.07. The van der Waals surface area contributed by atoms with Crippen molar-refractivity contribution in [1.29, 1.82) is 0 Å². The van der Waals surface area contributed by atoms with Crippen molar-refractivity contribution in [2.24, 2.45) is 0 Å². The van der Waals surface area contributed by atoms with Gasteiger partial charge in [-0.2, -0.15) is 0 Å². The van der Waals surface area contributed by atoms with E-state index in [1.54, 1.807) is 12.0 Å². The van der Waals surface area contributed by atoms with E-state index in [0.29, 0.717) is 15.8 Å². The highest BCUT2D eigenvalue weighted by molar-refractivity contribution is 8.26. The molecule has 0 radical (unpaired) electrons. The molecule has 2 saturated heterocycles. The maximum atomic E-state index is 13.1. The molecule has 6 nitrogen and oxygen atoms in total. The van der Waals surface area contributed by atoms with Crippen LogP contribution < -0.4 is 9.47 Å². The van der Waals surface area contributed by atoms with E-state index >= 15 is 0 Å². The number of thiocarbonyl (C=S) groups is 1. The summed E-state index contributed by atoms with van der Waals surface area (Å²) in [5.41, 5.74) is 4.17. The molecule has 0 aliphatic carbocycles. The number of rotatable bonds is 7. The maximum absolute atomic E-state index is 13.1. The van der Waals surface area contributed by atoms with E-state index in [9.17, 15) is 4.79 Å². The summed E-state index contributed by atoms with van der Waals surface area (Å²) in [6, 6.07) is 17.6. The van der Waals surface area contributed by atoms with E-state index in [4.69, 9.17) is 26.4 Å². The number of hydrogen-bond acceptors (Lipinski definition) is 6. The van der Waals surface area contributed by atoms with Crippen LogP contribution in [0.5, 0.6) is 17.2 Å². The molecule has 1 amide bonds. The van der Waals surface area contributed by atoms with Gasteiger partial charge >= 0.3 is 0 Å². The standard InChI is InChI=1S/C28H28N2O4S2/c1-18-15-20(16-26-27(31)29(28(35)36-26)17-25-5-4-14-33-25)19(2)30(18)21-6-8-23(9-7-21)34-24-12-10-22(32-3)11-13-24/h6-13,15-16,25H,4-5,14,17H2,1-3H3/b26-16-/t25-/m0/s1. The van der Waals surface area contributed by atoms with Crippen molar-refractivity contribution in [1.82, 2.24) is 9.47 Å². The largest absolute Gasteiger partial charge is 0.497 e. The molecule has 0 bridgehead atoms. The lowest BCUT2D eigenvalue weighted by atomic mass is 10.2. The normalized spacial score (nSPS) is 18.9. The Labute approximate surface area is 220 Å². The number of amides is 1. The number of thioether (sulfide) groups is 1. The molecule has 2 aliphatic rings. The first-order chi connectivity index (χ1) is 17.4. The van der Waals surface area contributed by atoms with Crippen molar-refractivity contribution >= 4 is 40.3 Å². The summed E-state index contributed by atoms with van der Waals surface area (Å²) in [6.45, 7) is 5.42. The van der Waals surface area contributed by atoms with Crippen LogP contribution >= 0.6 is 24.0 Å². The minimum atomic E-state index is -0.0367. The van der Waals surface area contributed by atoms with Crippen LogP contribution in [0.15, 0.2) is 59.5 Å². The van der Waals surface area contributed by atoms with Crippen LogP contribution in [0.4, 0.5) is 0 Å². The van der Waals surface area contributed by atoms with Crippen LogP contribution in [0.3, 0.4) is 0 Å². The van der Waals surface area contributed by atoms with Crippen LogP contribution in [-0.4, -0.2) is 46.1 Å². The highest BCUT2D eigenvalue weighted by Gasteiger charge is 2.34. The van der Waals surface area contributed by atoms with Crippen LogP contribution in [0, 0.1) is 13.8 Å². The van der Waals surface area contributed by atoms with Gasteiger partial charge in [-0.25, -0.2) is 0 Å². The molecular weight excluding hydrogens is 492 g/mol. The number of methoxy groups -OCH3 is 1. The summed E-state index contributed by atoms with van der Waals surface area (Å²) in [7, 11) is 1.64. The predicted octanol–water partition coefficient (Wildman–Crippen LogP) is 6.28. The second-order valence-electron chi connectivity index (χ2n) is 8.86. The van der Waals surface area contributed by atoms with Gasteiger partial charge < -0.3 is 18.8 Å². The number of carbonyl (C=O) groups excluding carboxylic acids is 1. The molecule has 186 valence electrons. The molecule has 36 heavy (non-hydrogen) atoms. The number of carbonyl (C=O) groups is 1. The van der Waals surface area contributed by atoms with E-state index < -0.39 is 0 Å². The predicted molar refractivity (Wildman–Crippen MR) is 147 cm³/mol. The van der Waals surface area contributed by atoms with Gasteiger partial charge in [0.25, 0.3) is 5.91 Å². The lowest BCUT2D eigenvalue weighted by molar-refractivity contribution is -0.123. The topological polar surface area (TPSA) is 52.9 Å². The average Bonchev–Trinajstić information content (AvgIpc) is 3.56. The summed E-state index contributed by atoms with van der Waals surface area (Å²) in [5, 5.41) is 0. The second-order valence-corrected chi connectivity index (χ2v) is 10.5. The summed E-state index contributed by atoms with van der Waals surface area (Å²) in [6.07, 6.45) is 4.04. The smallest absolute Gasteiger partial charge is 0.266 e. The van der Waals surface area contributed by atoms with E-state index in [0.717, 1.165) is 59.3 Å². The molecule has 0 N–H and O–H groups in total. The first-order valence-corrected chi connectivity index (χ1v) is 13.1. The Kier molecular flexibility index (Phi) is 7.18. The van der Waals surface area contributed by atoms with Gasteiger partial charge in [0.2, 0.25) is 0 Å². The minimum Gasteiger partial charge on any atom is -0.497 e. The number of aryl methyl sites for hydroxylation is 1. The zero-order chi connectivity index (χ0) is 25.2. The fourth-order valence-corrected chi connectivity index (χ4v) is 5.83. The molecular formula is C28H28N2O4S2. The summed E-state index contributed by atoms with van der Waals surface area (Å²) in [5.74, 6) is 2.25. The van der Waals surface area contributed by atoms with Gasteiger partial charge in [-0.15, -0.1) is 0 Å². The zero-order valence-corrected chi connectivity index (χ0v) is 22.2. The van der Waals surface area contributed by atoms with Crippen LogP contribution in [0.25, 0.3) is 11.8 Å². The van der Waals surface area contributed by atoms with Gasteiger partial charge in [0.05, 0.1) is 24.7 Å². The van der Waals surface area contributed by atoms with E-state index in [1.165, 1.54) is 11.8 Å². The summed E-state index contributed by atoms with van der Waals surface area (Å²) < 4.78 is 19.6. The molecule has 8 heteroatoms. The zero-order valence-electron chi connectivity index (χ0n) is 20.5. The van der Waals surface area contributed by atoms with Crippen LogP contribution in [-0.2, 0) is 9.53 Å². The first-order valence-electron chi connectivity index (χ1n) is 11.9. The number of aromatic nitrogens is 1. The Morgan fingerprint density at radius 2 is 1.75 bits per heavy atom. The lowest BCUT2D eigenvalue weighted by Crippen LogP contribution is -2.35. The van der Waals surface area contributed by atoms with E-state index in [1.807, 2.05) is 54.6 Å². The quantitative estimate of drug-likeness (QED) is 0.270. The highest BCUT2D eigenvalue weighted by atomic mass is 32.2. The number of benzene rings is 2. The van der Waals surface area contributed by atoms with Crippen molar-refractivity contribution in [3.63, 3.8) is 0 Å². The molecule has 0 unspecified atom stereocenters. The monoisotopic (exact) mass is 520 g/mol. The SMILES string of the molecule is COc1ccc(Oc2ccc(-n3c(C)cc(/C=C4\SC(=S)N(C[C@@H]5CCCO5)C4=O)c3C)cc2)cc1. The van der Waals surface area contributed by atoms with Gasteiger partial charge in [-0.05, 0) is 92.9 Å². The van der Waals surface area contributed by atoms with Gasteiger partial charge in [-0.3, -0.25) is 9.69 Å². The fourth-order valence-electron chi connectivity index (χ4n) is 4.56. The third kappa shape index (κ3) is 5.07. The van der Waals surface area contributed by atoms with Gasteiger partial charge in [0.1, 0.15) is 21.6 Å². The molecule has 3 aromatic rings. The number of ether oxygens (including phenoxy) is 3. The van der Waals surface area contributed by atoms with Crippen molar-refractivity contribution < 1.29 is 19.0 Å². The maximum Gasteiger partial charge on any atom is 0.266 e. The minimum absolute atomic E-state index is 0.0367. The van der Waals surface area contributed by atoms with Crippen molar-refractivity contribution in [3.05, 3.63) is 76.5 Å². The fraction of sp³-hybridized carbons (Fsp3) is 0.286. The molecule has 2 aliphatic heterocycles. The highest BCUT2D eigenvalue weighted by Crippen LogP contribution is 2.35. The Morgan fingerprint density at radius 3 is 2.39 bits per heavy atom. The number of nitrogens with zero attached hydrogens (tertiary/aromatic N) is 2. The molecule has 2 fully saturated rings. The Bertz CT molecular complexity index is 1310. The first kappa shape index (κ1) is 24.6. The lowest BCUT2D eigenvalue weighted by Gasteiger charge is -2.18. The average molecular weight is 521 g/mol. The molecule has 0 spiro atoms. The number of hydrogen-bond donors (Lipinski definition) is 0. The molecule has 1 atom stereocenters. The van der Waals surface area contributed by atoms with Crippen LogP contribution in [0.1, 0.15) is 29.8 Å². The van der Waals surface area contributed by atoms with Crippen molar-refractivity contribution in [3.8, 4) is 22.9 Å². The molecule has 1 aromatic heterocycles. The second kappa shape index (κ2) is 10.5. The molecule has 3 heterocycles.